The largest absolute Gasteiger partial charge is 0.375 e. The fraction of sp³-hybridized carbons (Fsp3) is 0.444. The summed E-state index contributed by atoms with van der Waals surface area (Å²) in [6.07, 6.45) is 0.740. The minimum atomic E-state index is -0.205. The van der Waals surface area contributed by atoms with Crippen molar-refractivity contribution in [2.24, 2.45) is 4.99 Å². The molecule has 0 aliphatic carbocycles. The molecule has 1 unspecified atom stereocenters. The van der Waals surface area contributed by atoms with E-state index in [1.807, 2.05) is 30.3 Å². The van der Waals surface area contributed by atoms with Gasteiger partial charge in [-0.3, -0.25) is 4.99 Å². The molecule has 0 bridgehead atoms. The molecule has 0 aliphatic heterocycles. The quantitative estimate of drug-likeness (QED) is 0.605. The number of hydrogen-bond donors (Lipinski definition) is 1. The Hall–Kier alpha value is -1.99. The summed E-state index contributed by atoms with van der Waals surface area (Å²) in [6.45, 7) is 3.33. The van der Waals surface area contributed by atoms with Crippen molar-refractivity contribution in [1.82, 2.24) is 15.2 Å². The lowest BCUT2D eigenvalue weighted by molar-refractivity contribution is 0.119. The zero-order valence-electron chi connectivity index (χ0n) is 15.1. The van der Waals surface area contributed by atoms with E-state index in [0.29, 0.717) is 13.1 Å². The van der Waals surface area contributed by atoms with E-state index >= 15 is 0 Å². The van der Waals surface area contributed by atoms with Gasteiger partial charge in [-0.15, -0.1) is 11.3 Å². The van der Waals surface area contributed by atoms with Crippen LogP contribution in [-0.4, -0.2) is 43.6 Å². The van der Waals surface area contributed by atoms with Gasteiger partial charge in [-0.1, -0.05) is 12.1 Å². The van der Waals surface area contributed by atoms with E-state index in [4.69, 9.17) is 4.74 Å². The average molecular weight is 364 g/mol. The van der Waals surface area contributed by atoms with Crippen molar-refractivity contribution in [2.75, 3.05) is 27.7 Å². The van der Waals surface area contributed by atoms with Gasteiger partial charge in [0.2, 0.25) is 0 Å². The monoisotopic (exact) mass is 364 g/mol. The molecule has 0 radical (unpaired) electrons. The van der Waals surface area contributed by atoms with Crippen molar-refractivity contribution in [3.63, 3.8) is 0 Å². The standard InChI is InChI=1S/C18H25FN4OS/c1-13(24-4)17-22-16(12-25-17)11-23(3)18(20-2)21-9-8-14-6-5-7-15(19)10-14/h5-7,10,12-13H,8-9,11H2,1-4H3,(H,20,21). The van der Waals surface area contributed by atoms with Crippen LogP contribution in [0.1, 0.15) is 29.3 Å². The summed E-state index contributed by atoms with van der Waals surface area (Å²) >= 11 is 1.60. The first-order chi connectivity index (χ1) is 12.0. The molecule has 0 saturated carbocycles. The summed E-state index contributed by atoms with van der Waals surface area (Å²) in [5.74, 6) is 0.578. The highest BCUT2D eigenvalue weighted by Gasteiger charge is 2.12. The van der Waals surface area contributed by atoms with Crippen LogP contribution in [0.5, 0.6) is 0 Å². The van der Waals surface area contributed by atoms with Crippen LogP contribution in [0, 0.1) is 5.82 Å². The number of benzene rings is 1. The maximum absolute atomic E-state index is 13.2. The summed E-state index contributed by atoms with van der Waals surface area (Å²) in [6, 6.07) is 6.66. The molecule has 2 aromatic rings. The molecule has 136 valence electrons. The predicted octanol–water partition coefficient (Wildman–Crippen LogP) is 3.24. The lowest BCUT2D eigenvalue weighted by atomic mass is 10.1. The van der Waals surface area contributed by atoms with E-state index in [1.54, 1.807) is 37.6 Å². The molecule has 25 heavy (non-hydrogen) atoms. The van der Waals surface area contributed by atoms with Crippen LogP contribution < -0.4 is 5.32 Å². The van der Waals surface area contributed by atoms with E-state index in [2.05, 4.69) is 15.3 Å². The van der Waals surface area contributed by atoms with Crippen molar-refractivity contribution >= 4 is 17.3 Å². The van der Waals surface area contributed by atoms with E-state index in [-0.39, 0.29) is 11.9 Å². The second kappa shape index (κ2) is 9.48. The number of ether oxygens (including phenoxy) is 1. The molecule has 5 nitrogen and oxygen atoms in total. The lowest BCUT2D eigenvalue weighted by Crippen LogP contribution is -2.39. The number of methoxy groups -OCH3 is 1. The van der Waals surface area contributed by atoms with Gasteiger partial charge in [0.05, 0.1) is 12.2 Å². The van der Waals surface area contributed by atoms with Crippen LogP contribution in [0.15, 0.2) is 34.6 Å². The Morgan fingerprint density at radius 1 is 1.48 bits per heavy atom. The number of thiazole rings is 1. The number of aromatic nitrogens is 1. The first kappa shape index (κ1) is 19.3. The number of nitrogens with one attached hydrogen (secondary N) is 1. The van der Waals surface area contributed by atoms with Gasteiger partial charge < -0.3 is 15.0 Å². The molecule has 1 N–H and O–H groups in total. The van der Waals surface area contributed by atoms with Crippen molar-refractivity contribution in [2.45, 2.75) is 26.0 Å². The van der Waals surface area contributed by atoms with E-state index in [9.17, 15) is 4.39 Å². The second-order valence-corrected chi connectivity index (χ2v) is 6.65. The third-order valence-electron chi connectivity index (χ3n) is 3.83. The van der Waals surface area contributed by atoms with Gasteiger partial charge in [-0.25, -0.2) is 9.37 Å². The number of halogens is 1. The van der Waals surface area contributed by atoms with Gasteiger partial charge in [0.25, 0.3) is 0 Å². The second-order valence-electron chi connectivity index (χ2n) is 5.76. The van der Waals surface area contributed by atoms with Crippen LogP contribution in [0.25, 0.3) is 0 Å². The van der Waals surface area contributed by atoms with E-state index in [0.717, 1.165) is 28.6 Å². The summed E-state index contributed by atoms with van der Waals surface area (Å²) in [4.78, 5) is 10.9. The van der Waals surface area contributed by atoms with Crippen molar-refractivity contribution in [3.8, 4) is 0 Å². The fourth-order valence-electron chi connectivity index (χ4n) is 2.40. The molecule has 1 aromatic heterocycles. The molecule has 1 heterocycles. The van der Waals surface area contributed by atoms with Crippen LogP contribution >= 0.6 is 11.3 Å². The van der Waals surface area contributed by atoms with Crippen LogP contribution in [0.3, 0.4) is 0 Å². The first-order valence-corrected chi connectivity index (χ1v) is 9.04. The van der Waals surface area contributed by atoms with Gasteiger partial charge in [-0.2, -0.15) is 0 Å². The molecule has 0 amide bonds. The van der Waals surface area contributed by atoms with Gasteiger partial charge in [0, 0.05) is 33.1 Å². The van der Waals surface area contributed by atoms with Gasteiger partial charge in [-0.05, 0) is 31.0 Å². The molecule has 0 saturated heterocycles. The zero-order chi connectivity index (χ0) is 18.2. The minimum Gasteiger partial charge on any atom is -0.375 e. The predicted molar refractivity (Wildman–Crippen MR) is 100 cm³/mol. The highest BCUT2D eigenvalue weighted by Crippen LogP contribution is 2.20. The van der Waals surface area contributed by atoms with Crippen LogP contribution in [0.4, 0.5) is 4.39 Å². The third-order valence-corrected chi connectivity index (χ3v) is 4.88. The Morgan fingerprint density at radius 2 is 2.28 bits per heavy atom. The molecule has 1 aromatic carbocycles. The Kier molecular flexibility index (Phi) is 7.33. The van der Waals surface area contributed by atoms with E-state index < -0.39 is 0 Å². The van der Waals surface area contributed by atoms with E-state index in [1.165, 1.54) is 6.07 Å². The Bertz CT molecular complexity index is 704. The summed E-state index contributed by atoms with van der Waals surface area (Å²) in [7, 11) is 5.40. The number of aliphatic imine (C=N–C) groups is 1. The summed E-state index contributed by atoms with van der Waals surface area (Å²) in [5, 5.41) is 6.32. The van der Waals surface area contributed by atoms with Crippen LogP contribution in [0.2, 0.25) is 0 Å². The SMILES string of the molecule is CN=C(NCCc1cccc(F)c1)N(C)Cc1csc(C(C)OC)n1. The molecule has 7 heteroatoms. The van der Waals surface area contributed by atoms with Crippen LogP contribution in [-0.2, 0) is 17.7 Å². The summed E-state index contributed by atoms with van der Waals surface area (Å²) < 4.78 is 18.5. The van der Waals surface area contributed by atoms with Gasteiger partial charge in [0.1, 0.15) is 16.9 Å². The maximum Gasteiger partial charge on any atom is 0.193 e. The average Bonchev–Trinajstić information content (AvgIpc) is 3.06. The first-order valence-electron chi connectivity index (χ1n) is 8.16. The Morgan fingerprint density at radius 3 is 2.96 bits per heavy atom. The van der Waals surface area contributed by atoms with Crippen molar-refractivity contribution < 1.29 is 9.13 Å². The molecule has 0 spiro atoms. The van der Waals surface area contributed by atoms with Crippen molar-refractivity contribution in [1.29, 1.82) is 0 Å². The molecule has 1 atom stereocenters. The molecule has 0 aliphatic rings. The molecular weight excluding hydrogens is 339 g/mol. The third kappa shape index (κ3) is 5.79. The number of rotatable bonds is 7. The molecular formula is C18H25FN4OS. The number of nitrogens with zero attached hydrogens (tertiary/aromatic N) is 3. The fourth-order valence-corrected chi connectivity index (χ4v) is 3.24. The van der Waals surface area contributed by atoms with Gasteiger partial charge in [0.15, 0.2) is 5.96 Å². The summed E-state index contributed by atoms with van der Waals surface area (Å²) in [5.41, 5.74) is 1.95. The maximum atomic E-state index is 13.2. The molecule has 0 fully saturated rings. The lowest BCUT2D eigenvalue weighted by Gasteiger charge is -2.21. The molecule has 2 rings (SSSR count). The zero-order valence-corrected chi connectivity index (χ0v) is 15.9. The highest BCUT2D eigenvalue weighted by atomic mass is 32.1. The Balaban J connectivity index is 1.86. The number of hydrogen-bond acceptors (Lipinski definition) is 4. The smallest absolute Gasteiger partial charge is 0.193 e. The highest BCUT2D eigenvalue weighted by molar-refractivity contribution is 7.09. The van der Waals surface area contributed by atoms with Crippen molar-refractivity contribution in [3.05, 3.63) is 51.7 Å². The topological polar surface area (TPSA) is 49.8 Å². The minimum absolute atomic E-state index is 0.00719. The normalized spacial score (nSPS) is 12.9. The Labute approximate surface area is 152 Å². The van der Waals surface area contributed by atoms with Gasteiger partial charge >= 0.3 is 0 Å². The number of guanidine groups is 1.